The van der Waals surface area contributed by atoms with E-state index in [0.717, 1.165) is 17.7 Å². The quantitative estimate of drug-likeness (QED) is 0.802. The fourth-order valence-electron chi connectivity index (χ4n) is 2.23. The zero-order valence-corrected chi connectivity index (χ0v) is 13.9. The number of likely N-dealkylation sites (N-methyl/N-ethyl adjacent to an activating group) is 1. The van der Waals surface area contributed by atoms with Crippen molar-refractivity contribution in [1.82, 2.24) is 10.2 Å². The van der Waals surface area contributed by atoms with Crippen LogP contribution in [0.25, 0.3) is 0 Å². The molecule has 5 nitrogen and oxygen atoms in total. The van der Waals surface area contributed by atoms with Gasteiger partial charge in [-0.15, -0.1) is 0 Å². The first-order chi connectivity index (χ1) is 10.5. The molecule has 0 aliphatic heterocycles. The zero-order chi connectivity index (χ0) is 16.5. The van der Waals surface area contributed by atoms with Crippen molar-refractivity contribution < 1.29 is 14.3 Å². The molecule has 0 aliphatic carbocycles. The van der Waals surface area contributed by atoms with Crippen molar-refractivity contribution in [1.29, 1.82) is 0 Å². The summed E-state index contributed by atoms with van der Waals surface area (Å²) in [5, 5.41) is 2.77. The van der Waals surface area contributed by atoms with Crippen molar-refractivity contribution in [2.24, 2.45) is 0 Å². The number of amides is 2. The van der Waals surface area contributed by atoms with Crippen LogP contribution in [0, 0.1) is 0 Å². The standard InChI is InChI=1S/C17H26N2O3/c1-5-8-16(20)19(13(3)17(21)18-6-2)12-14-9-7-10-15(11-14)22-4/h7,9-11,13H,5-6,8,12H2,1-4H3,(H,18,21)/t13-/m0/s1. The molecule has 0 aromatic heterocycles. The highest BCUT2D eigenvalue weighted by molar-refractivity contribution is 5.87. The van der Waals surface area contributed by atoms with Crippen molar-refractivity contribution >= 4 is 11.8 Å². The Bertz CT molecular complexity index is 502. The molecule has 0 saturated carbocycles. The van der Waals surface area contributed by atoms with E-state index < -0.39 is 6.04 Å². The fourth-order valence-corrected chi connectivity index (χ4v) is 2.23. The van der Waals surface area contributed by atoms with Crippen LogP contribution in [0.3, 0.4) is 0 Å². The number of ether oxygens (including phenoxy) is 1. The molecule has 1 aromatic carbocycles. The van der Waals surface area contributed by atoms with E-state index in [1.807, 2.05) is 38.1 Å². The second kappa shape index (κ2) is 9.07. The Morgan fingerprint density at radius 2 is 2.05 bits per heavy atom. The van der Waals surface area contributed by atoms with E-state index in [2.05, 4.69) is 5.32 Å². The summed E-state index contributed by atoms with van der Waals surface area (Å²) in [7, 11) is 1.61. The number of carbonyl (C=O) groups is 2. The predicted molar refractivity (Wildman–Crippen MR) is 86.6 cm³/mol. The SMILES string of the molecule is CCCC(=O)N(Cc1cccc(OC)c1)[C@@H](C)C(=O)NCC. The van der Waals surface area contributed by atoms with Gasteiger partial charge in [-0.3, -0.25) is 9.59 Å². The van der Waals surface area contributed by atoms with Crippen LogP contribution in [-0.2, 0) is 16.1 Å². The zero-order valence-electron chi connectivity index (χ0n) is 13.9. The summed E-state index contributed by atoms with van der Waals surface area (Å²) in [6.45, 7) is 6.54. The van der Waals surface area contributed by atoms with Crippen molar-refractivity contribution in [2.75, 3.05) is 13.7 Å². The van der Waals surface area contributed by atoms with Crippen LogP contribution in [0.15, 0.2) is 24.3 Å². The number of nitrogens with one attached hydrogen (secondary N) is 1. The van der Waals surface area contributed by atoms with E-state index in [1.165, 1.54) is 0 Å². The van der Waals surface area contributed by atoms with E-state index in [1.54, 1.807) is 18.9 Å². The average molecular weight is 306 g/mol. The summed E-state index contributed by atoms with van der Waals surface area (Å²) in [4.78, 5) is 26.1. The fraction of sp³-hybridized carbons (Fsp3) is 0.529. The molecule has 0 radical (unpaired) electrons. The molecule has 1 rings (SSSR count). The molecule has 2 amide bonds. The third kappa shape index (κ3) is 5.06. The monoisotopic (exact) mass is 306 g/mol. The first-order valence-electron chi connectivity index (χ1n) is 7.73. The smallest absolute Gasteiger partial charge is 0.242 e. The summed E-state index contributed by atoms with van der Waals surface area (Å²) in [6, 6.07) is 7.06. The highest BCUT2D eigenvalue weighted by Gasteiger charge is 2.25. The van der Waals surface area contributed by atoms with E-state index in [0.29, 0.717) is 19.5 Å². The van der Waals surface area contributed by atoms with E-state index in [-0.39, 0.29) is 11.8 Å². The van der Waals surface area contributed by atoms with Crippen LogP contribution in [0.2, 0.25) is 0 Å². The largest absolute Gasteiger partial charge is 0.497 e. The lowest BCUT2D eigenvalue weighted by Crippen LogP contribution is -2.47. The van der Waals surface area contributed by atoms with Crippen LogP contribution in [0.4, 0.5) is 0 Å². The molecule has 1 N–H and O–H groups in total. The lowest BCUT2D eigenvalue weighted by atomic mass is 10.1. The molecule has 1 aromatic rings. The molecule has 0 unspecified atom stereocenters. The Labute approximate surface area is 132 Å². The molecule has 0 heterocycles. The van der Waals surface area contributed by atoms with Gasteiger partial charge in [0.05, 0.1) is 7.11 Å². The van der Waals surface area contributed by atoms with Crippen molar-refractivity contribution in [2.45, 2.75) is 46.2 Å². The topological polar surface area (TPSA) is 58.6 Å². The van der Waals surface area contributed by atoms with E-state index in [9.17, 15) is 9.59 Å². The highest BCUT2D eigenvalue weighted by atomic mass is 16.5. The molecule has 22 heavy (non-hydrogen) atoms. The maximum Gasteiger partial charge on any atom is 0.242 e. The number of benzene rings is 1. The van der Waals surface area contributed by atoms with Gasteiger partial charge < -0.3 is 15.0 Å². The van der Waals surface area contributed by atoms with Crippen molar-refractivity contribution in [3.05, 3.63) is 29.8 Å². The minimum Gasteiger partial charge on any atom is -0.497 e. The Kier molecular flexibility index (Phi) is 7.43. The molecule has 122 valence electrons. The van der Waals surface area contributed by atoms with Gasteiger partial charge in [0.1, 0.15) is 11.8 Å². The first kappa shape index (κ1) is 18.0. The highest BCUT2D eigenvalue weighted by Crippen LogP contribution is 2.16. The molecule has 1 atom stereocenters. The van der Waals surface area contributed by atoms with Gasteiger partial charge in [0.25, 0.3) is 0 Å². The van der Waals surface area contributed by atoms with Gasteiger partial charge in [0.2, 0.25) is 11.8 Å². The third-order valence-electron chi connectivity index (χ3n) is 3.47. The molecule has 0 spiro atoms. The lowest BCUT2D eigenvalue weighted by Gasteiger charge is -2.28. The van der Waals surface area contributed by atoms with E-state index >= 15 is 0 Å². The van der Waals surface area contributed by atoms with Crippen LogP contribution in [-0.4, -0.2) is 36.4 Å². The lowest BCUT2D eigenvalue weighted by molar-refractivity contribution is -0.140. The minimum absolute atomic E-state index is 0.0101. The van der Waals surface area contributed by atoms with Crippen LogP contribution >= 0.6 is 0 Å². The molecule has 5 heteroatoms. The van der Waals surface area contributed by atoms with Gasteiger partial charge in [-0.2, -0.15) is 0 Å². The molecular formula is C17H26N2O3. The van der Waals surface area contributed by atoms with Gasteiger partial charge >= 0.3 is 0 Å². The summed E-state index contributed by atoms with van der Waals surface area (Å²) in [6.07, 6.45) is 1.20. The van der Waals surface area contributed by atoms with Gasteiger partial charge in [-0.1, -0.05) is 19.1 Å². The molecule has 0 aliphatic rings. The van der Waals surface area contributed by atoms with Crippen molar-refractivity contribution in [3.8, 4) is 5.75 Å². The second-order valence-corrected chi connectivity index (χ2v) is 5.19. The maximum absolute atomic E-state index is 12.4. The number of hydrogen-bond acceptors (Lipinski definition) is 3. The number of methoxy groups -OCH3 is 1. The number of hydrogen-bond donors (Lipinski definition) is 1. The Hall–Kier alpha value is -2.04. The van der Waals surface area contributed by atoms with Gasteiger partial charge in [-0.05, 0) is 38.0 Å². The first-order valence-corrected chi connectivity index (χ1v) is 7.73. The van der Waals surface area contributed by atoms with E-state index in [4.69, 9.17) is 4.74 Å². The minimum atomic E-state index is -0.495. The van der Waals surface area contributed by atoms with Gasteiger partial charge in [0.15, 0.2) is 0 Å². The van der Waals surface area contributed by atoms with Gasteiger partial charge in [-0.25, -0.2) is 0 Å². The number of rotatable bonds is 8. The summed E-state index contributed by atoms with van der Waals surface area (Å²) in [5.74, 6) is 0.602. The third-order valence-corrected chi connectivity index (χ3v) is 3.47. The van der Waals surface area contributed by atoms with Gasteiger partial charge in [0, 0.05) is 19.5 Å². The Morgan fingerprint density at radius 1 is 1.32 bits per heavy atom. The Morgan fingerprint density at radius 3 is 2.64 bits per heavy atom. The van der Waals surface area contributed by atoms with Crippen LogP contribution in [0.5, 0.6) is 5.75 Å². The van der Waals surface area contributed by atoms with Crippen molar-refractivity contribution in [3.63, 3.8) is 0 Å². The summed E-state index contributed by atoms with van der Waals surface area (Å²) in [5.41, 5.74) is 0.944. The molecule has 0 saturated heterocycles. The average Bonchev–Trinajstić information content (AvgIpc) is 2.52. The Balaban J connectivity index is 2.94. The molecule has 0 fully saturated rings. The molecule has 0 bridgehead atoms. The van der Waals surface area contributed by atoms with Crippen LogP contribution in [0.1, 0.15) is 39.2 Å². The normalized spacial score (nSPS) is 11.6. The summed E-state index contributed by atoms with van der Waals surface area (Å²) >= 11 is 0. The van der Waals surface area contributed by atoms with Crippen LogP contribution < -0.4 is 10.1 Å². The maximum atomic E-state index is 12.4. The predicted octanol–water partition coefficient (Wildman–Crippen LogP) is 2.35. The second-order valence-electron chi connectivity index (χ2n) is 5.19. The summed E-state index contributed by atoms with van der Waals surface area (Å²) < 4.78 is 5.21. The number of nitrogens with zero attached hydrogens (tertiary/aromatic N) is 1. The molecular weight excluding hydrogens is 280 g/mol. The number of carbonyl (C=O) groups excluding carboxylic acids is 2.